The van der Waals surface area contributed by atoms with Crippen molar-refractivity contribution in [3.05, 3.63) is 35.9 Å². The van der Waals surface area contributed by atoms with Crippen LogP contribution in [0.2, 0.25) is 0 Å². The second kappa shape index (κ2) is 7.79. The van der Waals surface area contributed by atoms with Crippen molar-refractivity contribution < 1.29 is 19.4 Å². The van der Waals surface area contributed by atoms with Crippen LogP contribution in [0.25, 0.3) is 0 Å². The number of carboxylic acid groups (broad SMARTS) is 1. The number of nitrogens with one attached hydrogen (secondary N) is 1. The zero-order valence-electron chi connectivity index (χ0n) is 13.2. The Morgan fingerprint density at radius 2 is 1.86 bits per heavy atom. The minimum Gasteiger partial charge on any atom is -0.481 e. The summed E-state index contributed by atoms with van der Waals surface area (Å²) < 4.78 is 5.21. The van der Waals surface area contributed by atoms with Crippen molar-refractivity contribution in [3.63, 3.8) is 0 Å². The molecule has 4 N–H and O–H groups in total. The standard InChI is InChI=1S/C16H24N2O4/c1-16(2,3)22-15(21)18-13(12(17)10-14(19)20)9-11-7-5-4-6-8-11/h4-8,12-13H,9-10,17H2,1-3H3,(H,18,21)(H,19,20). The van der Waals surface area contributed by atoms with Gasteiger partial charge in [0.25, 0.3) is 0 Å². The van der Waals surface area contributed by atoms with Gasteiger partial charge in [0.1, 0.15) is 5.60 Å². The molecule has 0 heterocycles. The molecule has 0 saturated carbocycles. The minimum absolute atomic E-state index is 0.229. The van der Waals surface area contributed by atoms with Crippen LogP contribution in [0.4, 0.5) is 4.79 Å². The van der Waals surface area contributed by atoms with Crippen LogP contribution in [0.1, 0.15) is 32.8 Å². The lowest BCUT2D eigenvalue weighted by molar-refractivity contribution is -0.137. The topological polar surface area (TPSA) is 102 Å². The molecule has 0 spiro atoms. The van der Waals surface area contributed by atoms with E-state index in [1.54, 1.807) is 20.8 Å². The van der Waals surface area contributed by atoms with E-state index in [0.29, 0.717) is 6.42 Å². The second-order valence-electron chi connectivity index (χ2n) is 6.20. The average Bonchev–Trinajstić information content (AvgIpc) is 2.36. The normalized spacial score (nSPS) is 14.0. The number of aliphatic carboxylic acids is 1. The molecule has 0 aliphatic rings. The number of rotatable bonds is 6. The molecule has 0 saturated heterocycles. The van der Waals surface area contributed by atoms with Gasteiger partial charge in [0.15, 0.2) is 0 Å². The fourth-order valence-electron chi connectivity index (χ4n) is 1.98. The SMILES string of the molecule is CC(C)(C)OC(=O)NC(Cc1ccccc1)C(N)CC(=O)O. The summed E-state index contributed by atoms with van der Waals surface area (Å²) in [7, 11) is 0. The highest BCUT2D eigenvalue weighted by Crippen LogP contribution is 2.10. The van der Waals surface area contributed by atoms with Gasteiger partial charge in [-0.3, -0.25) is 4.79 Å². The maximum Gasteiger partial charge on any atom is 0.407 e. The van der Waals surface area contributed by atoms with Crippen LogP contribution in [-0.2, 0) is 16.0 Å². The number of carbonyl (C=O) groups excluding carboxylic acids is 1. The van der Waals surface area contributed by atoms with E-state index in [9.17, 15) is 9.59 Å². The highest BCUT2D eigenvalue weighted by molar-refractivity contribution is 5.70. The van der Waals surface area contributed by atoms with Gasteiger partial charge < -0.3 is 20.9 Å². The van der Waals surface area contributed by atoms with Crippen LogP contribution in [0.15, 0.2) is 30.3 Å². The summed E-state index contributed by atoms with van der Waals surface area (Å²) in [6.07, 6.45) is -0.392. The number of hydrogen-bond acceptors (Lipinski definition) is 4. The first kappa shape index (κ1) is 18.0. The van der Waals surface area contributed by atoms with Gasteiger partial charge in [0.2, 0.25) is 0 Å². The number of alkyl carbamates (subject to hydrolysis) is 1. The summed E-state index contributed by atoms with van der Waals surface area (Å²) in [5.41, 5.74) is 6.26. The molecule has 0 fully saturated rings. The van der Waals surface area contributed by atoms with Crippen molar-refractivity contribution >= 4 is 12.1 Å². The fourth-order valence-corrected chi connectivity index (χ4v) is 1.98. The van der Waals surface area contributed by atoms with Crippen LogP contribution in [0.3, 0.4) is 0 Å². The summed E-state index contributed by atoms with van der Waals surface area (Å²) >= 11 is 0. The first-order valence-corrected chi connectivity index (χ1v) is 7.18. The number of carbonyl (C=O) groups is 2. The van der Waals surface area contributed by atoms with Gasteiger partial charge in [0.05, 0.1) is 12.5 Å². The zero-order chi connectivity index (χ0) is 16.8. The maximum absolute atomic E-state index is 11.9. The Kier molecular flexibility index (Phi) is 6.37. The van der Waals surface area contributed by atoms with E-state index in [2.05, 4.69) is 5.32 Å². The molecule has 6 nitrogen and oxygen atoms in total. The molecule has 1 rings (SSSR count). The van der Waals surface area contributed by atoms with Crippen LogP contribution >= 0.6 is 0 Å². The third kappa shape index (κ3) is 7.08. The third-order valence-corrected chi connectivity index (χ3v) is 2.93. The van der Waals surface area contributed by atoms with E-state index < -0.39 is 29.7 Å². The zero-order valence-corrected chi connectivity index (χ0v) is 13.2. The minimum atomic E-state index is -1.00. The Hall–Kier alpha value is -2.08. The van der Waals surface area contributed by atoms with Crippen molar-refractivity contribution in [1.82, 2.24) is 5.32 Å². The molecule has 0 radical (unpaired) electrons. The van der Waals surface area contributed by atoms with E-state index in [1.807, 2.05) is 30.3 Å². The van der Waals surface area contributed by atoms with Gasteiger partial charge in [-0.2, -0.15) is 0 Å². The molecule has 2 atom stereocenters. The summed E-state index contributed by atoms with van der Waals surface area (Å²) in [5, 5.41) is 11.6. The lowest BCUT2D eigenvalue weighted by Crippen LogP contribution is -2.51. The first-order chi connectivity index (χ1) is 10.2. The van der Waals surface area contributed by atoms with Crippen molar-refractivity contribution in [2.24, 2.45) is 5.73 Å². The lowest BCUT2D eigenvalue weighted by atomic mass is 9.98. The van der Waals surface area contributed by atoms with Crippen molar-refractivity contribution in [1.29, 1.82) is 0 Å². The van der Waals surface area contributed by atoms with Crippen molar-refractivity contribution in [2.75, 3.05) is 0 Å². The quantitative estimate of drug-likeness (QED) is 0.745. The molecule has 0 bridgehead atoms. The second-order valence-corrected chi connectivity index (χ2v) is 6.20. The maximum atomic E-state index is 11.9. The Labute approximate surface area is 130 Å². The smallest absolute Gasteiger partial charge is 0.407 e. The molecule has 2 unspecified atom stereocenters. The monoisotopic (exact) mass is 308 g/mol. The number of benzene rings is 1. The molecule has 1 amide bonds. The van der Waals surface area contributed by atoms with Gasteiger partial charge in [-0.1, -0.05) is 30.3 Å². The van der Waals surface area contributed by atoms with Crippen LogP contribution < -0.4 is 11.1 Å². The molecule has 0 aliphatic carbocycles. The highest BCUT2D eigenvalue weighted by Gasteiger charge is 2.25. The molecular weight excluding hydrogens is 284 g/mol. The lowest BCUT2D eigenvalue weighted by Gasteiger charge is -2.26. The van der Waals surface area contributed by atoms with Gasteiger partial charge in [-0.05, 0) is 32.8 Å². The predicted molar refractivity (Wildman–Crippen MR) is 83.5 cm³/mol. The number of nitrogens with two attached hydrogens (primary N) is 1. The van der Waals surface area contributed by atoms with Gasteiger partial charge in [0, 0.05) is 6.04 Å². The molecule has 0 aromatic heterocycles. The predicted octanol–water partition coefficient (Wildman–Crippen LogP) is 1.92. The number of carboxylic acids is 1. The Morgan fingerprint density at radius 3 is 2.36 bits per heavy atom. The molecule has 1 aromatic carbocycles. The largest absolute Gasteiger partial charge is 0.481 e. The highest BCUT2D eigenvalue weighted by atomic mass is 16.6. The van der Waals surface area contributed by atoms with Gasteiger partial charge in [-0.25, -0.2) is 4.79 Å². The van der Waals surface area contributed by atoms with E-state index in [1.165, 1.54) is 0 Å². The van der Waals surface area contributed by atoms with E-state index >= 15 is 0 Å². The van der Waals surface area contributed by atoms with E-state index in [-0.39, 0.29) is 6.42 Å². The summed E-state index contributed by atoms with van der Waals surface area (Å²) in [4.78, 5) is 22.8. The summed E-state index contributed by atoms with van der Waals surface area (Å²) in [6.45, 7) is 5.28. The Balaban J connectivity index is 2.77. The van der Waals surface area contributed by atoms with E-state index in [0.717, 1.165) is 5.56 Å². The Bertz CT molecular complexity index is 497. The summed E-state index contributed by atoms with van der Waals surface area (Å²) in [5.74, 6) is -1.00. The van der Waals surface area contributed by atoms with Crippen LogP contribution in [0.5, 0.6) is 0 Å². The molecule has 22 heavy (non-hydrogen) atoms. The molecule has 1 aromatic rings. The Morgan fingerprint density at radius 1 is 1.27 bits per heavy atom. The molecule has 122 valence electrons. The fraction of sp³-hybridized carbons (Fsp3) is 0.500. The average molecular weight is 308 g/mol. The van der Waals surface area contributed by atoms with Crippen molar-refractivity contribution in [3.8, 4) is 0 Å². The van der Waals surface area contributed by atoms with E-state index in [4.69, 9.17) is 15.6 Å². The van der Waals surface area contributed by atoms with Gasteiger partial charge >= 0.3 is 12.1 Å². The van der Waals surface area contributed by atoms with Crippen molar-refractivity contribution in [2.45, 2.75) is 51.3 Å². The molecular formula is C16H24N2O4. The number of amides is 1. The van der Waals surface area contributed by atoms with Crippen LogP contribution in [0, 0.1) is 0 Å². The van der Waals surface area contributed by atoms with Gasteiger partial charge in [-0.15, -0.1) is 0 Å². The first-order valence-electron chi connectivity index (χ1n) is 7.18. The molecule has 0 aliphatic heterocycles. The van der Waals surface area contributed by atoms with Crippen LogP contribution in [-0.4, -0.2) is 34.9 Å². The third-order valence-electron chi connectivity index (χ3n) is 2.93. The number of hydrogen-bond donors (Lipinski definition) is 3. The molecule has 6 heteroatoms. The summed E-state index contributed by atoms with van der Waals surface area (Å²) in [6, 6.07) is 8.22. The number of ether oxygens (including phenoxy) is 1.